The summed E-state index contributed by atoms with van der Waals surface area (Å²) in [5.41, 5.74) is 7.25. The number of rotatable bonds is 2. The molecule has 4 nitrogen and oxygen atoms in total. The molecule has 1 heterocycles. The minimum absolute atomic E-state index is 0.121. The number of para-hydroxylation sites is 1. The SMILES string of the molecule is N#Cc1cc2ccccc2nc1OC1CCC(N)CC1. The molecule has 0 aliphatic heterocycles. The molecule has 1 aliphatic carbocycles. The van der Waals surface area contributed by atoms with Crippen molar-refractivity contribution >= 4 is 10.9 Å². The van der Waals surface area contributed by atoms with E-state index in [9.17, 15) is 5.26 Å². The quantitative estimate of drug-likeness (QED) is 0.908. The number of pyridine rings is 1. The van der Waals surface area contributed by atoms with Crippen LogP contribution in [0.2, 0.25) is 0 Å². The van der Waals surface area contributed by atoms with Crippen LogP contribution in [-0.4, -0.2) is 17.1 Å². The van der Waals surface area contributed by atoms with Crippen LogP contribution in [0.3, 0.4) is 0 Å². The van der Waals surface area contributed by atoms with Crippen LogP contribution in [-0.2, 0) is 0 Å². The second-order valence-electron chi connectivity index (χ2n) is 5.30. The van der Waals surface area contributed by atoms with Gasteiger partial charge in [-0.05, 0) is 37.8 Å². The summed E-state index contributed by atoms with van der Waals surface area (Å²) in [4.78, 5) is 4.48. The predicted octanol–water partition coefficient (Wildman–Crippen LogP) is 2.76. The molecule has 20 heavy (non-hydrogen) atoms. The van der Waals surface area contributed by atoms with Crippen LogP contribution in [0.15, 0.2) is 30.3 Å². The van der Waals surface area contributed by atoms with Gasteiger partial charge in [0.2, 0.25) is 5.88 Å². The fraction of sp³-hybridized carbons (Fsp3) is 0.375. The first-order valence-electron chi connectivity index (χ1n) is 6.98. The molecule has 0 bridgehead atoms. The van der Waals surface area contributed by atoms with E-state index >= 15 is 0 Å². The number of fused-ring (bicyclic) bond motifs is 1. The molecule has 0 amide bonds. The van der Waals surface area contributed by atoms with Gasteiger partial charge in [0.05, 0.1) is 5.52 Å². The lowest BCUT2D eigenvalue weighted by molar-refractivity contribution is 0.141. The van der Waals surface area contributed by atoms with E-state index in [-0.39, 0.29) is 12.1 Å². The molecule has 2 N–H and O–H groups in total. The van der Waals surface area contributed by atoms with Gasteiger partial charge in [-0.2, -0.15) is 5.26 Å². The molecular weight excluding hydrogens is 250 g/mol. The summed E-state index contributed by atoms with van der Waals surface area (Å²) < 4.78 is 5.94. The molecule has 1 aromatic heterocycles. The van der Waals surface area contributed by atoms with E-state index in [4.69, 9.17) is 10.5 Å². The van der Waals surface area contributed by atoms with Crippen molar-refractivity contribution in [1.82, 2.24) is 4.98 Å². The van der Waals surface area contributed by atoms with Gasteiger partial charge in [-0.1, -0.05) is 18.2 Å². The number of hydrogen-bond donors (Lipinski definition) is 1. The van der Waals surface area contributed by atoms with Crippen molar-refractivity contribution in [3.05, 3.63) is 35.9 Å². The third-order valence-corrected chi connectivity index (χ3v) is 3.81. The highest BCUT2D eigenvalue weighted by Crippen LogP contribution is 2.26. The highest BCUT2D eigenvalue weighted by Gasteiger charge is 2.21. The molecule has 4 heteroatoms. The van der Waals surface area contributed by atoms with Crippen molar-refractivity contribution in [2.24, 2.45) is 5.73 Å². The molecule has 1 aromatic carbocycles. The van der Waals surface area contributed by atoms with Gasteiger partial charge in [0.1, 0.15) is 17.7 Å². The molecule has 2 aromatic rings. The molecule has 102 valence electrons. The van der Waals surface area contributed by atoms with E-state index < -0.39 is 0 Å². The number of nitrogens with two attached hydrogens (primary N) is 1. The highest BCUT2D eigenvalue weighted by molar-refractivity contribution is 5.80. The zero-order valence-corrected chi connectivity index (χ0v) is 11.2. The molecule has 0 spiro atoms. The van der Waals surface area contributed by atoms with Crippen molar-refractivity contribution in [3.63, 3.8) is 0 Å². The van der Waals surface area contributed by atoms with Crippen LogP contribution in [0.5, 0.6) is 5.88 Å². The lowest BCUT2D eigenvalue weighted by Gasteiger charge is -2.26. The van der Waals surface area contributed by atoms with Crippen molar-refractivity contribution in [1.29, 1.82) is 5.26 Å². The second-order valence-corrected chi connectivity index (χ2v) is 5.30. The topological polar surface area (TPSA) is 71.9 Å². The zero-order chi connectivity index (χ0) is 13.9. The first-order valence-corrected chi connectivity index (χ1v) is 6.98. The molecule has 1 saturated carbocycles. The summed E-state index contributed by atoms with van der Waals surface area (Å²) in [6.07, 6.45) is 3.93. The standard InChI is InChI=1S/C16H17N3O/c17-10-12-9-11-3-1-2-4-15(11)19-16(12)20-14-7-5-13(18)6-8-14/h1-4,9,13-14H,5-8,18H2. The summed E-state index contributed by atoms with van der Waals surface area (Å²) in [5.74, 6) is 0.451. The number of nitriles is 1. The minimum Gasteiger partial charge on any atom is -0.473 e. The van der Waals surface area contributed by atoms with E-state index in [0.29, 0.717) is 11.4 Å². The maximum atomic E-state index is 9.26. The largest absolute Gasteiger partial charge is 0.473 e. The summed E-state index contributed by atoms with van der Waals surface area (Å²) in [5, 5.41) is 10.2. The first-order chi connectivity index (χ1) is 9.76. The van der Waals surface area contributed by atoms with Gasteiger partial charge in [0.15, 0.2) is 0 Å². The van der Waals surface area contributed by atoms with Gasteiger partial charge in [0.25, 0.3) is 0 Å². The predicted molar refractivity (Wildman–Crippen MR) is 77.3 cm³/mol. The lowest BCUT2D eigenvalue weighted by atomic mass is 9.94. The second kappa shape index (κ2) is 5.48. The monoisotopic (exact) mass is 267 g/mol. The normalized spacial score (nSPS) is 22.4. The van der Waals surface area contributed by atoms with Crippen LogP contribution in [0.25, 0.3) is 10.9 Å². The van der Waals surface area contributed by atoms with Gasteiger partial charge in [-0.25, -0.2) is 4.98 Å². The van der Waals surface area contributed by atoms with Gasteiger partial charge in [-0.15, -0.1) is 0 Å². The van der Waals surface area contributed by atoms with E-state index in [2.05, 4.69) is 11.1 Å². The van der Waals surface area contributed by atoms with Crippen molar-refractivity contribution in [3.8, 4) is 11.9 Å². The minimum atomic E-state index is 0.121. The van der Waals surface area contributed by atoms with Gasteiger partial charge < -0.3 is 10.5 Å². The van der Waals surface area contributed by atoms with E-state index in [0.717, 1.165) is 36.6 Å². The highest BCUT2D eigenvalue weighted by atomic mass is 16.5. The fourth-order valence-corrected chi connectivity index (χ4v) is 2.63. The Morgan fingerprint density at radius 1 is 1.20 bits per heavy atom. The van der Waals surface area contributed by atoms with Crippen LogP contribution >= 0.6 is 0 Å². The average molecular weight is 267 g/mol. The molecular formula is C16H17N3O. The Balaban J connectivity index is 1.88. The molecule has 0 atom stereocenters. The Hall–Kier alpha value is -2.12. The van der Waals surface area contributed by atoms with Crippen LogP contribution < -0.4 is 10.5 Å². The summed E-state index contributed by atoms with van der Waals surface area (Å²) in [6.45, 7) is 0. The third-order valence-electron chi connectivity index (χ3n) is 3.81. The smallest absolute Gasteiger partial charge is 0.232 e. The number of nitrogens with zero attached hydrogens (tertiary/aromatic N) is 2. The van der Waals surface area contributed by atoms with E-state index in [1.165, 1.54) is 0 Å². The summed E-state index contributed by atoms with van der Waals surface area (Å²) in [6, 6.07) is 12.1. The molecule has 1 fully saturated rings. The van der Waals surface area contributed by atoms with Gasteiger partial charge >= 0.3 is 0 Å². The molecule has 0 unspecified atom stereocenters. The number of hydrogen-bond acceptors (Lipinski definition) is 4. The zero-order valence-electron chi connectivity index (χ0n) is 11.2. The Kier molecular flexibility index (Phi) is 3.53. The average Bonchev–Trinajstić information content (AvgIpc) is 2.49. The molecule has 0 saturated heterocycles. The van der Waals surface area contributed by atoms with Crippen LogP contribution in [0, 0.1) is 11.3 Å². The van der Waals surface area contributed by atoms with E-state index in [1.807, 2.05) is 30.3 Å². The number of aromatic nitrogens is 1. The molecule has 1 aliphatic rings. The van der Waals surface area contributed by atoms with E-state index in [1.54, 1.807) is 0 Å². The first kappa shape index (κ1) is 12.9. The Labute approximate surface area is 118 Å². The van der Waals surface area contributed by atoms with Gasteiger partial charge in [0, 0.05) is 11.4 Å². The Morgan fingerprint density at radius 3 is 2.70 bits per heavy atom. The Bertz CT molecular complexity index is 654. The summed E-state index contributed by atoms with van der Waals surface area (Å²) >= 11 is 0. The maximum absolute atomic E-state index is 9.26. The van der Waals surface area contributed by atoms with Crippen molar-refractivity contribution in [2.45, 2.75) is 37.8 Å². The third kappa shape index (κ3) is 2.59. The van der Waals surface area contributed by atoms with Crippen LogP contribution in [0.1, 0.15) is 31.2 Å². The maximum Gasteiger partial charge on any atom is 0.232 e. The fourth-order valence-electron chi connectivity index (χ4n) is 2.63. The van der Waals surface area contributed by atoms with Gasteiger partial charge in [-0.3, -0.25) is 0 Å². The lowest BCUT2D eigenvalue weighted by Crippen LogP contribution is -2.32. The number of benzene rings is 1. The Morgan fingerprint density at radius 2 is 1.95 bits per heavy atom. The molecule has 0 radical (unpaired) electrons. The van der Waals surface area contributed by atoms with Crippen molar-refractivity contribution < 1.29 is 4.74 Å². The summed E-state index contributed by atoms with van der Waals surface area (Å²) in [7, 11) is 0. The number of ether oxygens (including phenoxy) is 1. The van der Waals surface area contributed by atoms with Crippen molar-refractivity contribution in [2.75, 3.05) is 0 Å². The molecule has 3 rings (SSSR count). The van der Waals surface area contributed by atoms with Crippen LogP contribution in [0.4, 0.5) is 0 Å².